The number of aromatic nitrogens is 1. The first kappa shape index (κ1) is 35.4. The number of hydrogen-bond acceptors (Lipinski definition) is 7. The zero-order valence-corrected chi connectivity index (χ0v) is 29.9. The lowest BCUT2D eigenvalue weighted by atomic mass is 10.1. The molecule has 2 aliphatic rings. The van der Waals surface area contributed by atoms with Crippen molar-refractivity contribution in [3.8, 4) is 11.8 Å². The molecule has 0 bridgehead atoms. The number of piperazine rings is 1. The largest absolute Gasteiger partial charge is 0.487 e. The minimum absolute atomic E-state index is 0.0580. The van der Waals surface area contributed by atoms with Crippen molar-refractivity contribution in [3.05, 3.63) is 105 Å². The minimum Gasteiger partial charge on any atom is -0.487 e. The van der Waals surface area contributed by atoms with Gasteiger partial charge in [-0.25, -0.2) is 13.4 Å². The number of benzene rings is 3. The van der Waals surface area contributed by atoms with Crippen LogP contribution >= 0.6 is 23.2 Å². The van der Waals surface area contributed by atoms with E-state index in [1.165, 1.54) is 22.5 Å². The van der Waals surface area contributed by atoms with Gasteiger partial charge in [-0.15, -0.1) is 0 Å². The molecular weight excluding hydrogens is 697 g/mol. The standard InChI is InChI=1S/C37H35Cl2N5O5S/c1-24-21-25(2)41-36-28(24)5-3-7-32(36)49-23-29-30(38)13-14-33(35(29)39)50(47,48)44-16-4-6-31(44)37(46)43-19-17-42(18-20-43)34(45)15-12-26-8-10-27(22-40)11-9-26/h3,5,7-15,21,31H,4,6,16-20,23H2,1-2H3/b15-12+/t31-/m0/s1. The normalized spacial score (nSPS) is 17.0. The van der Waals surface area contributed by atoms with E-state index in [1.807, 2.05) is 32.0 Å². The molecule has 0 aliphatic carbocycles. The van der Waals surface area contributed by atoms with Gasteiger partial charge >= 0.3 is 0 Å². The highest BCUT2D eigenvalue weighted by Gasteiger charge is 2.42. The Morgan fingerprint density at radius 1 is 1.00 bits per heavy atom. The second-order valence-electron chi connectivity index (χ2n) is 12.4. The van der Waals surface area contributed by atoms with Crippen molar-refractivity contribution < 1.29 is 22.7 Å². The Labute approximate surface area is 301 Å². The Balaban J connectivity index is 1.13. The number of para-hydroxylation sites is 1. The molecule has 6 rings (SSSR count). The lowest BCUT2D eigenvalue weighted by Gasteiger charge is -2.36. The first-order valence-corrected chi connectivity index (χ1v) is 18.4. The van der Waals surface area contributed by atoms with Gasteiger partial charge in [0.2, 0.25) is 21.8 Å². The van der Waals surface area contributed by atoms with E-state index >= 15 is 0 Å². The molecular formula is C37H35Cl2N5O5S. The number of nitrogens with zero attached hydrogens (tertiary/aromatic N) is 5. The summed E-state index contributed by atoms with van der Waals surface area (Å²) in [7, 11) is -4.20. The van der Waals surface area contributed by atoms with Crippen LogP contribution in [0.3, 0.4) is 0 Å². The molecule has 3 aromatic carbocycles. The highest BCUT2D eigenvalue weighted by molar-refractivity contribution is 7.89. The third-order valence-electron chi connectivity index (χ3n) is 9.10. The van der Waals surface area contributed by atoms with Gasteiger partial charge < -0.3 is 14.5 Å². The Morgan fingerprint density at radius 3 is 2.44 bits per heavy atom. The summed E-state index contributed by atoms with van der Waals surface area (Å²) >= 11 is 13.3. The first-order chi connectivity index (χ1) is 24.0. The van der Waals surface area contributed by atoms with E-state index in [2.05, 4.69) is 11.1 Å². The molecule has 0 N–H and O–H groups in total. The van der Waals surface area contributed by atoms with Crippen molar-refractivity contribution in [2.75, 3.05) is 32.7 Å². The molecule has 3 heterocycles. The number of aryl methyl sites for hydroxylation is 2. The lowest BCUT2D eigenvalue weighted by Crippen LogP contribution is -2.55. The van der Waals surface area contributed by atoms with Gasteiger partial charge in [0, 0.05) is 60.5 Å². The third kappa shape index (κ3) is 7.21. The van der Waals surface area contributed by atoms with Gasteiger partial charge in [0.15, 0.2) is 0 Å². The molecule has 2 aliphatic heterocycles. The van der Waals surface area contributed by atoms with E-state index in [-0.39, 0.29) is 53.0 Å². The highest BCUT2D eigenvalue weighted by Crippen LogP contribution is 2.37. The smallest absolute Gasteiger partial charge is 0.246 e. The molecule has 2 amide bonds. The monoisotopic (exact) mass is 731 g/mol. The molecule has 0 radical (unpaired) electrons. The van der Waals surface area contributed by atoms with E-state index in [0.717, 1.165) is 22.2 Å². The number of sulfonamides is 1. The number of hydrogen-bond donors (Lipinski definition) is 0. The van der Waals surface area contributed by atoms with Crippen molar-refractivity contribution in [1.82, 2.24) is 19.1 Å². The van der Waals surface area contributed by atoms with Gasteiger partial charge in [-0.1, -0.05) is 47.5 Å². The fourth-order valence-corrected chi connectivity index (χ4v) is 8.94. The van der Waals surface area contributed by atoms with E-state index in [9.17, 15) is 18.0 Å². The number of pyridine rings is 1. The van der Waals surface area contributed by atoms with Crippen LogP contribution in [-0.2, 0) is 26.2 Å². The maximum Gasteiger partial charge on any atom is 0.246 e. The van der Waals surface area contributed by atoms with Crippen molar-refractivity contribution in [3.63, 3.8) is 0 Å². The van der Waals surface area contributed by atoms with Crippen LogP contribution in [0.2, 0.25) is 10.0 Å². The summed E-state index contributed by atoms with van der Waals surface area (Å²) in [4.78, 5) is 34.3. The second kappa shape index (κ2) is 14.8. The summed E-state index contributed by atoms with van der Waals surface area (Å²) < 4.78 is 35.6. The molecule has 50 heavy (non-hydrogen) atoms. The average molecular weight is 733 g/mol. The zero-order chi connectivity index (χ0) is 35.6. The molecule has 4 aromatic rings. The number of carbonyl (C=O) groups is 2. The molecule has 10 nitrogen and oxygen atoms in total. The SMILES string of the molecule is Cc1cc(C)c2cccc(OCc3c(Cl)ccc(S(=O)(=O)N4CCC[C@H]4C(=O)N4CCN(C(=O)/C=C/c5ccc(C#N)cc5)CC4)c3Cl)c2n1. The fraction of sp³-hybridized carbons (Fsp3) is 0.297. The number of nitriles is 1. The van der Waals surface area contributed by atoms with Crippen molar-refractivity contribution in [1.29, 1.82) is 5.26 Å². The molecule has 0 unspecified atom stereocenters. The molecule has 0 saturated carbocycles. The summed E-state index contributed by atoms with van der Waals surface area (Å²) in [5, 5.41) is 10.1. The number of carbonyl (C=O) groups excluding carboxylic acids is 2. The van der Waals surface area contributed by atoms with Crippen LogP contribution in [-0.4, -0.2) is 78.1 Å². The third-order valence-corrected chi connectivity index (χ3v) is 11.9. The molecule has 258 valence electrons. The molecule has 1 aromatic heterocycles. The molecule has 0 spiro atoms. The van der Waals surface area contributed by atoms with Crippen molar-refractivity contribution in [2.24, 2.45) is 0 Å². The van der Waals surface area contributed by atoms with Gasteiger partial charge in [-0.2, -0.15) is 9.57 Å². The van der Waals surface area contributed by atoms with Crippen LogP contribution in [0.1, 0.15) is 40.8 Å². The molecule has 13 heteroatoms. The molecule has 2 fully saturated rings. The number of fused-ring (bicyclic) bond motifs is 1. The fourth-order valence-electron chi connectivity index (χ4n) is 6.43. The first-order valence-electron chi connectivity index (χ1n) is 16.2. The topological polar surface area (TPSA) is 124 Å². The predicted molar refractivity (Wildman–Crippen MR) is 192 cm³/mol. The maximum atomic E-state index is 14.1. The van der Waals surface area contributed by atoms with Gasteiger partial charge in [0.1, 0.15) is 28.8 Å². The summed E-state index contributed by atoms with van der Waals surface area (Å²) in [5.41, 5.74) is 4.22. The Morgan fingerprint density at radius 2 is 1.72 bits per heavy atom. The van der Waals surface area contributed by atoms with Gasteiger partial charge in [0.05, 0.1) is 16.7 Å². The van der Waals surface area contributed by atoms with Crippen LogP contribution < -0.4 is 4.74 Å². The van der Waals surface area contributed by atoms with Crippen molar-refractivity contribution in [2.45, 2.75) is 44.2 Å². The summed E-state index contributed by atoms with van der Waals surface area (Å²) in [6, 6.07) is 18.5. The lowest BCUT2D eigenvalue weighted by molar-refractivity contribution is -0.139. The Kier molecular flexibility index (Phi) is 10.5. The number of halogens is 2. The zero-order valence-electron chi connectivity index (χ0n) is 27.6. The highest BCUT2D eigenvalue weighted by atomic mass is 35.5. The number of amides is 2. The van der Waals surface area contributed by atoms with E-state index in [4.69, 9.17) is 33.2 Å². The number of rotatable bonds is 8. The van der Waals surface area contributed by atoms with Crippen LogP contribution in [0.4, 0.5) is 0 Å². The Hall–Kier alpha value is -4.47. The van der Waals surface area contributed by atoms with Gasteiger partial charge in [-0.05, 0) is 80.3 Å². The van der Waals surface area contributed by atoms with Crippen LogP contribution in [0.25, 0.3) is 17.0 Å². The average Bonchev–Trinajstić information content (AvgIpc) is 3.62. The predicted octanol–water partition coefficient (Wildman–Crippen LogP) is 6.15. The van der Waals surface area contributed by atoms with Gasteiger partial charge in [-0.3, -0.25) is 9.59 Å². The maximum absolute atomic E-state index is 14.1. The second-order valence-corrected chi connectivity index (χ2v) is 15.0. The van der Waals surface area contributed by atoms with Crippen LogP contribution in [0, 0.1) is 25.2 Å². The Bertz CT molecular complexity index is 2140. The number of ether oxygens (including phenoxy) is 1. The van der Waals surface area contributed by atoms with Gasteiger partial charge in [0.25, 0.3) is 0 Å². The minimum atomic E-state index is -4.20. The van der Waals surface area contributed by atoms with E-state index < -0.39 is 16.1 Å². The summed E-state index contributed by atoms with van der Waals surface area (Å²) in [6.07, 6.45) is 4.05. The molecule has 1 atom stereocenters. The van der Waals surface area contributed by atoms with E-state index in [1.54, 1.807) is 46.2 Å². The van der Waals surface area contributed by atoms with Crippen LogP contribution in [0.5, 0.6) is 5.75 Å². The summed E-state index contributed by atoms with van der Waals surface area (Å²) in [5.74, 6) is 0.0311. The molecule has 2 saturated heterocycles. The summed E-state index contributed by atoms with van der Waals surface area (Å²) in [6.45, 7) is 5.18. The van der Waals surface area contributed by atoms with E-state index in [0.29, 0.717) is 48.3 Å². The van der Waals surface area contributed by atoms with Crippen LogP contribution in [0.15, 0.2) is 71.6 Å². The van der Waals surface area contributed by atoms with Crippen molar-refractivity contribution >= 4 is 62.0 Å². The quantitative estimate of drug-likeness (QED) is 0.199.